The topological polar surface area (TPSA) is 64.1 Å². The summed E-state index contributed by atoms with van der Waals surface area (Å²) in [4.78, 5) is 26.8. The second-order valence-corrected chi connectivity index (χ2v) is 5.94. The third-order valence-corrected chi connectivity index (χ3v) is 3.97. The summed E-state index contributed by atoms with van der Waals surface area (Å²) in [6.45, 7) is 7.01. The fraction of sp³-hybridized carbons (Fsp3) is 0.588. The molecule has 1 aromatic rings. The maximum atomic E-state index is 11.7. The van der Waals surface area contributed by atoms with Gasteiger partial charge in [0.25, 0.3) is 0 Å². The van der Waals surface area contributed by atoms with Crippen LogP contribution in [-0.2, 0) is 4.79 Å². The average Bonchev–Trinajstić information content (AvgIpc) is 2.61. The number of carbonyl (C=O) groups is 1. The van der Waals surface area contributed by atoms with E-state index < -0.39 is 0 Å². The van der Waals surface area contributed by atoms with Crippen LogP contribution in [0, 0.1) is 0 Å². The molecule has 0 unspecified atom stereocenters. The highest BCUT2D eigenvalue weighted by Gasteiger charge is 2.20. The summed E-state index contributed by atoms with van der Waals surface area (Å²) in [6.07, 6.45) is 2.27. The summed E-state index contributed by atoms with van der Waals surface area (Å²) in [5.41, 5.74) is 0. The molecule has 0 aromatic carbocycles. The minimum atomic E-state index is 0.106. The van der Waals surface area contributed by atoms with Crippen molar-refractivity contribution in [1.82, 2.24) is 20.1 Å². The monoisotopic (exact) mass is 332 g/mol. The van der Waals surface area contributed by atoms with Gasteiger partial charge in [0.05, 0.1) is 6.54 Å². The highest BCUT2D eigenvalue weighted by atomic mass is 16.2. The van der Waals surface area contributed by atoms with Crippen molar-refractivity contribution in [3.63, 3.8) is 0 Å². The third kappa shape index (κ3) is 5.11. The van der Waals surface area contributed by atoms with Crippen LogP contribution >= 0.6 is 0 Å². The van der Waals surface area contributed by atoms with Gasteiger partial charge in [-0.05, 0) is 19.1 Å². The lowest BCUT2D eigenvalue weighted by Crippen LogP contribution is -2.52. The van der Waals surface area contributed by atoms with Crippen LogP contribution in [0.1, 0.15) is 13.3 Å². The fourth-order valence-electron chi connectivity index (χ4n) is 2.60. The van der Waals surface area contributed by atoms with Gasteiger partial charge in [0, 0.05) is 59.4 Å². The van der Waals surface area contributed by atoms with E-state index in [1.54, 1.807) is 19.0 Å². The Kier molecular flexibility index (Phi) is 6.84. The SMILES string of the molecule is CCNC(=NCCC(=O)N(C)C)N1CCN(c2ccccn2)CC1. The van der Waals surface area contributed by atoms with Crippen molar-refractivity contribution in [3.05, 3.63) is 24.4 Å². The molecule has 0 saturated carbocycles. The first kappa shape index (κ1) is 18.0. The molecule has 2 rings (SSSR count). The molecule has 1 fully saturated rings. The number of hydrogen-bond acceptors (Lipinski definition) is 4. The zero-order valence-corrected chi connectivity index (χ0v) is 14.9. The van der Waals surface area contributed by atoms with Crippen molar-refractivity contribution in [1.29, 1.82) is 0 Å². The first-order valence-corrected chi connectivity index (χ1v) is 8.51. The van der Waals surface area contributed by atoms with Gasteiger partial charge in [0.2, 0.25) is 5.91 Å². The van der Waals surface area contributed by atoms with Gasteiger partial charge in [-0.3, -0.25) is 9.79 Å². The van der Waals surface area contributed by atoms with Crippen LogP contribution in [0.5, 0.6) is 0 Å². The number of piperazine rings is 1. The van der Waals surface area contributed by atoms with E-state index in [-0.39, 0.29) is 5.91 Å². The zero-order valence-electron chi connectivity index (χ0n) is 14.9. The molecule has 1 aromatic heterocycles. The van der Waals surface area contributed by atoms with Gasteiger partial charge < -0.3 is 20.0 Å². The highest BCUT2D eigenvalue weighted by Crippen LogP contribution is 2.12. The molecule has 1 saturated heterocycles. The summed E-state index contributed by atoms with van der Waals surface area (Å²) in [5.74, 6) is 2.02. The van der Waals surface area contributed by atoms with Crippen molar-refractivity contribution in [3.8, 4) is 0 Å². The van der Waals surface area contributed by atoms with Crippen molar-refractivity contribution < 1.29 is 4.79 Å². The van der Waals surface area contributed by atoms with E-state index >= 15 is 0 Å². The number of nitrogens with zero attached hydrogens (tertiary/aromatic N) is 5. The van der Waals surface area contributed by atoms with Gasteiger partial charge in [0.15, 0.2) is 5.96 Å². The largest absolute Gasteiger partial charge is 0.357 e. The molecule has 24 heavy (non-hydrogen) atoms. The summed E-state index contributed by atoms with van der Waals surface area (Å²) in [5, 5.41) is 3.33. The summed E-state index contributed by atoms with van der Waals surface area (Å²) < 4.78 is 0. The summed E-state index contributed by atoms with van der Waals surface area (Å²) in [7, 11) is 3.54. The van der Waals surface area contributed by atoms with Crippen molar-refractivity contribution in [2.45, 2.75) is 13.3 Å². The van der Waals surface area contributed by atoms with Gasteiger partial charge in [-0.2, -0.15) is 0 Å². The second-order valence-electron chi connectivity index (χ2n) is 5.94. The predicted octanol–water partition coefficient (Wildman–Crippen LogP) is 0.647. The Labute approximate surface area is 144 Å². The number of nitrogens with one attached hydrogen (secondary N) is 1. The van der Waals surface area contributed by atoms with Crippen molar-refractivity contribution in [2.75, 3.05) is 58.3 Å². The Bertz CT molecular complexity index is 537. The molecule has 132 valence electrons. The first-order valence-electron chi connectivity index (χ1n) is 8.51. The average molecular weight is 332 g/mol. The number of rotatable bonds is 5. The molecular formula is C17H28N6O. The number of carbonyl (C=O) groups excluding carboxylic acids is 1. The van der Waals surface area contributed by atoms with E-state index in [0.29, 0.717) is 13.0 Å². The lowest BCUT2D eigenvalue weighted by atomic mass is 10.3. The van der Waals surface area contributed by atoms with Crippen LogP contribution in [0.2, 0.25) is 0 Å². The third-order valence-electron chi connectivity index (χ3n) is 3.97. The Morgan fingerprint density at radius 3 is 2.62 bits per heavy atom. The van der Waals surface area contributed by atoms with E-state index in [1.807, 2.05) is 24.4 Å². The lowest BCUT2D eigenvalue weighted by molar-refractivity contribution is -0.128. The zero-order chi connectivity index (χ0) is 17.4. The molecule has 1 amide bonds. The Balaban J connectivity index is 1.89. The number of guanidine groups is 1. The molecule has 0 aliphatic carbocycles. The minimum Gasteiger partial charge on any atom is -0.357 e. The number of aliphatic imine (C=N–C) groups is 1. The number of aromatic nitrogens is 1. The standard InChI is InChI=1S/C17H28N6O/c1-4-18-17(20-10-8-16(24)21(2)3)23-13-11-22(12-14-23)15-7-5-6-9-19-15/h5-7,9H,4,8,10-14H2,1-3H3,(H,18,20). The van der Waals surface area contributed by atoms with Gasteiger partial charge in [-0.15, -0.1) is 0 Å². The van der Waals surface area contributed by atoms with Crippen LogP contribution in [0.4, 0.5) is 5.82 Å². The second kappa shape index (κ2) is 9.10. The normalized spacial score (nSPS) is 15.4. The summed E-state index contributed by atoms with van der Waals surface area (Å²) in [6, 6.07) is 5.99. The Morgan fingerprint density at radius 1 is 1.29 bits per heavy atom. The lowest BCUT2D eigenvalue weighted by Gasteiger charge is -2.37. The highest BCUT2D eigenvalue weighted by molar-refractivity contribution is 5.81. The maximum absolute atomic E-state index is 11.7. The number of hydrogen-bond donors (Lipinski definition) is 1. The van der Waals surface area contributed by atoms with E-state index in [4.69, 9.17) is 0 Å². The van der Waals surface area contributed by atoms with E-state index in [9.17, 15) is 4.79 Å². The molecule has 1 aliphatic heterocycles. The molecule has 7 heteroatoms. The van der Waals surface area contributed by atoms with Gasteiger partial charge in [-0.1, -0.05) is 6.07 Å². The number of anilines is 1. The molecule has 1 aliphatic rings. The molecular weight excluding hydrogens is 304 g/mol. The van der Waals surface area contributed by atoms with Gasteiger partial charge >= 0.3 is 0 Å². The van der Waals surface area contributed by atoms with Crippen molar-refractivity contribution in [2.24, 2.45) is 4.99 Å². The predicted molar refractivity (Wildman–Crippen MR) is 97.3 cm³/mol. The number of amides is 1. The molecule has 2 heterocycles. The number of pyridine rings is 1. The van der Waals surface area contributed by atoms with Crippen LogP contribution in [0.25, 0.3) is 0 Å². The molecule has 0 bridgehead atoms. The first-order chi connectivity index (χ1) is 11.6. The van der Waals surface area contributed by atoms with Crippen LogP contribution in [-0.4, -0.2) is 80.0 Å². The smallest absolute Gasteiger partial charge is 0.223 e. The maximum Gasteiger partial charge on any atom is 0.223 e. The Hall–Kier alpha value is -2.31. The fourth-order valence-corrected chi connectivity index (χ4v) is 2.60. The molecule has 1 N–H and O–H groups in total. The van der Waals surface area contributed by atoms with Crippen molar-refractivity contribution >= 4 is 17.7 Å². The van der Waals surface area contributed by atoms with Crippen LogP contribution < -0.4 is 10.2 Å². The minimum absolute atomic E-state index is 0.106. The molecule has 0 atom stereocenters. The van der Waals surface area contributed by atoms with E-state index in [0.717, 1.165) is 44.5 Å². The van der Waals surface area contributed by atoms with Gasteiger partial charge in [-0.25, -0.2) is 4.98 Å². The van der Waals surface area contributed by atoms with E-state index in [1.165, 1.54) is 0 Å². The quantitative estimate of drug-likeness (QED) is 0.633. The van der Waals surface area contributed by atoms with Crippen LogP contribution in [0.15, 0.2) is 29.4 Å². The van der Waals surface area contributed by atoms with Gasteiger partial charge in [0.1, 0.15) is 5.82 Å². The van der Waals surface area contributed by atoms with Crippen LogP contribution in [0.3, 0.4) is 0 Å². The molecule has 0 radical (unpaired) electrons. The van der Waals surface area contributed by atoms with E-state index in [2.05, 4.69) is 32.0 Å². The molecule has 0 spiro atoms. The summed E-state index contributed by atoms with van der Waals surface area (Å²) >= 11 is 0. The molecule has 7 nitrogen and oxygen atoms in total. The Morgan fingerprint density at radius 2 is 2.04 bits per heavy atom.